The van der Waals surface area contributed by atoms with Crippen LogP contribution in [0.4, 0.5) is 5.69 Å². The number of primary amides is 1. The Balaban J connectivity index is 2.07. The summed E-state index contributed by atoms with van der Waals surface area (Å²) in [5.41, 5.74) is 4.74. The quantitative estimate of drug-likeness (QED) is 0.608. The molecule has 1 aromatic carbocycles. The van der Waals surface area contributed by atoms with Crippen LogP contribution >= 0.6 is 0 Å². The monoisotopic (exact) mass is 293 g/mol. The first kappa shape index (κ1) is 15.2. The lowest BCUT2D eigenvalue weighted by molar-refractivity contribution is -0.384. The Morgan fingerprint density at radius 3 is 3.00 bits per heavy atom. The minimum absolute atomic E-state index is 0.0154. The number of benzene rings is 1. The Labute approximate surface area is 122 Å². The number of nitrogens with zero attached hydrogens (tertiary/aromatic N) is 1. The molecule has 114 valence electrons. The number of nitrogens with one attached hydrogen (secondary N) is 1. The number of nitro benzene ring substituents is 1. The van der Waals surface area contributed by atoms with Gasteiger partial charge in [0.25, 0.3) is 5.69 Å². The summed E-state index contributed by atoms with van der Waals surface area (Å²) in [5.74, 6) is 0.0560. The SMILES string of the molecule is CCNC1(C(N)=O)CCC(Oc2cccc([N+](=O)[O-])c2)C1. The molecule has 21 heavy (non-hydrogen) atoms. The van der Waals surface area contributed by atoms with Crippen LogP contribution in [-0.4, -0.2) is 29.0 Å². The van der Waals surface area contributed by atoms with Gasteiger partial charge in [0.1, 0.15) is 17.4 Å². The molecule has 2 rings (SSSR count). The molecule has 1 fully saturated rings. The Morgan fingerprint density at radius 1 is 1.62 bits per heavy atom. The Kier molecular flexibility index (Phi) is 4.42. The van der Waals surface area contributed by atoms with Crippen molar-refractivity contribution in [2.24, 2.45) is 5.73 Å². The van der Waals surface area contributed by atoms with E-state index in [0.29, 0.717) is 31.6 Å². The van der Waals surface area contributed by atoms with E-state index in [1.807, 2.05) is 6.92 Å². The zero-order chi connectivity index (χ0) is 15.5. The maximum Gasteiger partial charge on any atom is 0.273 e. The van der Waals surface area contributed by atoms with Gasteiger partial charge in [-0.2, -0.15) is 0 Å². The molecule has 1 amide bonds. The van der Waals surface area contributed by atoms with Crippen LogP contribution < -0.4 is 15.8 Å². The summed E-state index contributed by atoms with van der Waals surface area (Å²) in [6, 6.07) is 6.05. The van der Waals surface area contributed by atoms with Crippen molar-refractivity contribution in [1.82, 2.24) is 5.32 Å². The predicted molar refractivity (Wildman–Crippen MR) is 77.0 cm³/mol. The molecule has 3 N–H and O–H groups in total. The number of carbonyl (C=O) groups excluding carboxylic acids is 1. The maximum absolute atomic E-state index is 11.7. The number of amides is 1. The van der Waals surface area contributed by atoms with E-state index in [9.17, 15) is 14.9 Å². The summed E-state index contributed by atoms with van der Waals surface area (Å²) in [5, 5.41) is 13.9. The van der Waals surface area contributed by atoms with Crippen LogP contribution in [0.15, 0.2) is 24.3 Å². The normalized spacial score (nSPS) is 24.7. The molecule has 0 aromatic heterocycles. The molecule has 7 nitrogen and oxygen atoms in total. The molecule has 2 atom stereocenters. The lowest BCUT2D eigenvalue weighted by atomic mass is 9.96. The van der Waals surface area contributed by atoms with E-state index in [4.69, 9.17) is 10.5 Å². The summed E-state index contributed by atoms with van der Waals surface area (Å²) in [6.45, 7) is 2.56. The van der Waals surface area contributed by atoms with Crippen LogP contribution in [0.3, 0.4) is 0 Å². The molecule has 0 bridgehead atoms. The van der Waals surface area contributed by atoms with Crippen LogP contribution in [0.1, 0.15) is 26.2 Å². The van der Waals surface area contributed by atoms with E-state index in [1.165, 1.54) is 12.1 Å². The third kappa shape index (κ3) is 3.30. The van der Waals surface area contributed by atoms with Gasteiger partial charge < -0.3 is 15.8 Å². The third-order valence-corrected chi connectivity index (χ3v) is 3.79. The van der Waals surface area contributed by atoms with E-state index >= 15 is 0 Å². The first-order valence-electron chi connectivity index (χ1n) is 6.93. The summed E-state index contributed by atoms with van der Waals surface area (Å²) < 4.78 is 5.77. The van der Waals surface area contributed by atoms with Crippen molar-refractivity contribution < 1.29 is 14.5 Å². The van der Waals surface area contributed by atoms with Crippen molar-refractivity contribution >= 4 is 11.6 Å². The number of ether oxygens (including phenoxy) is 1. The van der Waals surface area contributed by atoms with Crippen molar-refractivity contribution in [1.29, 1.82) is 0 Å². The highest BCUT2D eigenvalue weighted by Crippen LogP contribution is 2.33. The largest absolute Gasteiger partial charge is 0.490 e. The van der Waals surface area contributed by atoms with Crippen molar-refractivity contribution in [2.75, 3.05) is 6.54 Å². The number of hydrogen-bond acceptors (Lipinski definition) is 5. The van der Waals surface area contributed by atoms with Gasteiger partial charge in [-0.05, 0) is 25.5 Å². The lowest BCUT2D eigenvalue weighted by Crippen LogP contribution is -2.54. The molecular formula is C14H19N3O4. The van der Waals surface area contributed by atoms with Gasteiger partial charge in [0, 0.05) is 12.5 Å². The van der Waals surface area contributed by atoms with Crippen molar-refractivity contribution in [3.05, 3.63) is 34.4 Å². The molecule has 1 aliphatic rings. The fourth-order valence-corrected chi connectivity index (χ4v) is 2.77. The summed E-state index contributed by atoms with van der Waals surface area (Å²) in [4.78, 5) is 22.0. The number of nitro groups is 1. The molecule has 2 unspecified atom stereocenters. The van der Waals surface area contributed by atoms with E-state index in [-0.39, 0.29) is 17.7 Å². The molecule has 0 aliphatic heterocycles. The second-order valence-corrected chi connectivity index (χ2v) is 5.21. The molecule has 0 heterocycles. The molecular weight excluding hydrogens is 274 g/mol. The van der Waals surface area contributed by atoms with Crippen LogP contribution in [-0.2, 0) is 4.79 Å². The number of hydrogen-bond donors (Lipinski definition) is 2. The predicted octanol–water partition coefficient (Wildman–Crippen LogP) is 1.36. The van der Waals surface area contributed by atoms with Crippen LogP contribution in [0, 0.1) is 10.1 Å². The highest BCUT2D eigenvalue weighted by atomic mass is 16.6. The highest BCUT2D eigenvalue weighted by molar-refractivity contribution is 5.85. The summed E-state index contributed by atoms with van der Waals surface area (Å²) in [7, 11) is 0. The van der Waals surface area contributed by atoms with Crippen LogP contribution in [0.2, 0.25) is 0 Å². The fraction of sp³-hybridized carbons (Fsp3) is 0.500. The Hall–Kier alpha value is -2.15. The van der Waals surface area contributed by atoms with Crippen LogP contribution in [0.25, 0.3) is 0 Å². The molecule has 0 spiro atoms. The second-order valence-electron chi connectivity index (χ2n) is 5.21. The standard InChI is InChI=1S/C14H19N3O4/c1-2-16-14(13(15)18)7-6-12(9-14)21-11-5-3-4-10(8-11)17(19)20/h3-5,8,12,16H,2,6-7,9H2,1H3,(H2,15,18). The van der Waals surface area contributed by atoms with E-state index in [2.05, 4.69) is 5.32 Å². The average molecular weight is 293 g/mol. The number of likely N-dealkylation sites (N-methyl/N-ethyl adjacent to an activating group) is 1. The molecule has 7 heteroatoms. The van der Waals surface area contributed by atoms with Crippen molar-refractivity contribution in [3.63, 3.8) is 0 Å². The number of nitrogens with two attached hydrogens (primary N) is 1. The van der Waals surface area contributed by atoms with Gasteiger partial charge in [-0.25, -0.2) is 0 Å². The van der Waals surface area contributed by atoms with Gasteiger partial charge in [-0.1, -0.05) is 13.0 Å². The molecule has 1 saturated carbocycles. The zero-order valence-corrected chi connectivity index (χ0v) is 11.9. The number of carbonyl (C=O) groups is 1. The minimum Gasteiger partial charge on any atom is -0.490 e. The van der Waals surface area contributed by atoms with Gasteiger partial charge in [-0.3, -0.25) is 14.9 Å². The van der Waals surface area contributed by atoms with E-state index < -0.39 is 10.5 Å². The van der Waals surface area contributed by atoms with Crippen LogP contribution in [0.5, 0.6) is 5.75 Å². The van der Waals surface area contributed by atoms with Gasteiger partial charge >= 0.3 is 0 Å². The third-order valence-electron chi connectivity index (χ3n) is 3.79. The number of rotatable bonds is 6. The molecule has 0 radical (unpaired) electrons. The Bertz CT molecular complexity index is 549. The average Bonchev–Trinajstić information content (AvgIpc) is 2.84. The fourth-order valence-electron chi connectivity index (χ4n) is 2.77. The lowest BCUT2D eigenvalue weighted by Gasteiger charge is -2.26. The first-order valence-corrected chi connectivity index (χ1v) is 6.93. The molecule has 0 saturated heterocycles. The first-order chi connectivity index (χ1) is 9.97. The highest BCUT2D eigenvalue weighted by Gasteiger charge is 2.44. The van der Waals surface area contributed by atoms with Gasteiger partial charge in [0.15, 0.2) is 0 Å². The molecule has 1 aromatic rings. The van der Waals surface area contributed by atoms with E-state index in [0.717, 1.165) is 0 Å². The number of non-ortho nitro benzene ring substituents is 1. The summed E-state index contributed by atoms with van der Waals surface area (Å²) >= 11 is 0. The molecule has 1 aliphatic carbocycles. The van der Waals surface area contributed by atoms with Gasteiger partial charge in [0.05, 0.1) is 11.0 Å². The smallest absolute Gasteiger partial charge is 0.273 e. The minimum atomic E-state index is -0.736. The van der Waals surface area contributed by atoms with Crippen molar-refractivity contribution in [3.8, 4) is 5.75 Å². The zero-order valence-electron chi connectivity index (χ0n) is 11.9. The Morgan fingerprint density at radius 2 is 2.38 bits per heavy atom. The van der Waals surface area contributed by atoms with E-state index in [1.54, 1.807) is 12.1 Å². The second kappa shape index (κ2) is 6.09. The maximum atomic E-state index is 11.7. The van der Waals surface area contributed by atoms with Gasteiger partial charge in [-0.15, -0.1) is 0 Å². The van der Waals surface area contributed by atoms with Crippen molar-refractivity contribution in [2.45, 2.75) is 37.8 Å². The van der Waals surface area contributed by atoms with Gasteiger partial charge in [0.2, 0.25) is 5.91 Å². The topological polar surface area (TPSA) is 107 Å². The summed E-state index contributed by atoms with van der Waals surface area (Å²) in [6.07, 6.45) is 1.58.